The molecule has 0 amide bonds. The Labute approximate surface area is 98.0 Å². The minimum Gasteiger partial charge on any atom is -0.360 e. The molecule has 5 nitrogen and oxygen atoms in total. The Kier molecular flexibility index (Phi) is 3.00. The molecule has 0 fully saturated rings. The standard InChI is InChI=1S/C12H11N3O2/c1-9-4-5-11(15(16)17)7-12(9)14-8-10-3-2-6-13-10/h2-8,13H,1H3. The maximum absolute atomic E-state index is 10.6. The van der Waals surface area contributed by atoms with Crippen LogP contribution in [-0.2, 0) is 0 Å². The highest BCUT2D eigenvalue weighted by Crippen LogP contribution is 2.24. The number of benzene rings is 1. The molecule has 0 saturated carbocycles. The lowest BCUT2D eigenvalue weighted by molar-refractivity contribution is -0.384. The summed E-state index contributed by atoms with van der Waals surface area (Å²) in [6.45, 7) is 1.87. The summed E-state index contributed by atoms with van der Waals surface area (Å²) < 4.78 is 0. The van der Waals surface area contributed by atoms with Crippen molar-refractivity contribution in [2.24, 2.45) is 4.99 Å². The van der Waals surface area contributed by atoms with Crippen molar-refractivity contribution in [2.75, 3.05) is 0 Å². The summed E-state index contributed by atoms with van der Waals surface area (Å²) in [6, 6.07) is 8.37. The van der Waals surface area contributed by atoms with E-state index in [0.29, 0.717) is 5.69 Å². The Bertz CT molecular complexity index is 559. The van der Waals surface area contributed by atoms with Crippen LogP contribution in [0, 0.1) is 17.0 Å². The van der Waals surface area contributed by atoms with E-state index in [-0.39, 0.29) is 5.69 Å². The minimum atomic E-state index is -0.424. The molecule has 0 radical (unpaired) electrons. The highest BCUT2D eigenvalue weighted by Gasteiger charge is 2.07. The average Bonchev–Trinajstić information content (AvgIpc) is 2.80. The van der Waals surface area contributed by atoms with Crippen LogP contribution in [0.2, 0.25) is 0 Å². The van der Waals surface area contributed by atoms with Crippen molar-refractivity contribution in [2.45, 2.75) is 6.92 Å². The van der Waals surface area contributed by atoms with Crippen molar-refractivity contribution in [3.05, 3.63) is 57.9 Å². The van der Waals surface area contributed by atoms with Gasteiger partial charge in [0.05, 0.1) is 22.5 Å². The summed E-state index contributed by atoms with van der Waals surface area (Å²) in [7, 11) is 0. The summed E-state index contributed by atoms with van der Waals surface area (Å²) in [6.07, 6.45) is 3.44. The van der Waals surface area contributed by atoms with Gasteiger partial charge in [0.2, 0.25) is 0 Å². The monoisotopic (exact) mass is 229 g/mol. The van der Waals surface area contributed by atoms with E-state index in [1.54, 1.807) is 18.5 Å². The smallest absolute Gasteiger partial charge is 0.271 e. The summed E-state index contributed by atoms with van der Waals surface area (Å²) in [5.41, 5.74) is 2.41. The zero-order valence-electron chi connectivity index (χ0n) is 9.25. The topological polar surface area (TPSA) is 71.3 Å². The number of aryl methyl sites for hydroxylation is 1. The van der Waals surface area contributed by atoms with E-state index in [4.69, 9.17) is 0 Å². The summed E-state index contributed by atoms with van der Waals surface area (Å²) in [5, 5.41) is 10.6. The van der Waals surface area contributed by atoms with Crippen molar-refractivity contribution in [3.63, 3.8) is 0 Å². The second-order valence-electron chi connectivity index (χ2n) is 3.61. The van der Waals surface area contributed by atoms with Crippen LogP contribution < -0.4 is 0 Å². The third kappa shape index (κ3) is 2.57. The Morgan fingerprint density at radius 1 is 1.41 bits per heavy atom. The fourth-order valence-corrected chi connectivity index (χ4v) is 1.41. The van der Waals surface area contributed by atoms with Gasteiger partial charge in [0.15, 0.2) is 0 Å². The molecule has 0 bridgehead atoms. The maximum Gasteiger partial charge on any atom is 0.271 e. The fourth-order valence-electron chi connectivity index (χ4n) is 1.41. The zero-order valence-corrected chi connectivity index (χ0v) is 9.25. The van der Waals surface area contributed by atoms with E-state index >= 15 is 0 Å². The van der Waals surface area contributed by atoms with Crippen LogP contribution in [0.4, 0.5) is 11.4 Å². The zero-order chi connectivity index (χ0) is 12.3. The molecule has 17 heavy (non-hydrogen) atoms. The quantitative estimate of drug-likeness (QED) is 0.499. The molecule has 0 atom stereocenters. The number of non-ortho nitro benzene ring substituents is 1. The van der Waals surface area contributed by atoms with Gasteiger partial charge in [0.25, 0.3) is 5.69 Å². The van der Waals surface area contributed by atoms with Gasteiger partial charge in [0.1, 0.15) is 0 Å². The first-order valence-corrected chi connectivity index (χ1v) is 5.09. The van der Waals surface area contributed by atoms with Crippen LogP contribution in [0.1, 0.15) is 11.3 Å². The SMILES string of the molecule is Cc1ccc([N+](=O)[O-])cc1N=Cc1ccc[nH]1. The van der Waals surface area contributed by atoms with Crippen LogP contribution in [0.15, 0.2) is 41.5 Å². The van der Waals surface area contributed by atoms with Crippen LogP contribution >= 0.6 is 0 Å². The molecular weight excluding hydrogens is 218 g/mol. The lowest BCUT2D eigenvalue weighted by Gasteiger charge is -1.99. The number of H-pyrrole nitrogens is 1. The number of nitrogens with one attached hydrogen (secondary N) is 1. The van der Waals surface area contributed by atoms with E-state index in [2.05, 4.69) is 9.98 Å². The molecule has 0 saturated heterocycles. The molecule has 0 unspecified atom stereocenters. The highest BCUT2D eigenvalue weighted by molar-refractivity contribution is 5.80. The van der Waals surface area contributed by atoms with Crippen molar-refractivity contribution < 1.29 is 4.92 Å². The third-order valence-electron chi connectivity index (χ3n) is 2.37. The first-order valence-electron chi connectivity index (χ1n) is 5.09. The Hall–Kier alpha value is -2.43. The number of aromatic nitrogens is 1. The van der Waals surface area contributed by atoms with Crippen molar-refractivity contribution in [1.82, 2.24) is 4.98 Å². The second kappa shape index (κ2) is 4.61. The second-order valence-corrected chi connectivity index (χ2v) is 3.61. The predicted molar refractivity (Wildman–Crippen MR) is 65.9 cm³/mol. The van der Waals surface area contributed by atoms with Crippen LogP contribution in [0.25, 0.3) is 0 Å². The number of rotatable bonds is 3. The molecule has 1 aromatic heterocycles. The molecule has 2 rings (SSSR count). The average molecular weight is 229 g/mol. The van der Waals surface area contributed by atoms with Gasteiger partial charge in [-0.25, -0.2) is 0 Å². The largest absolute Gasteiger partial charge is 0.360 e. The molecule has 1 aromatic carbocycles. The van der Waals surface area contributed by atoms with E-state index < -0.39 is 4.92 Å². The lowest BCUT2D eigenvalue weighted by atomic mass is 10.2. The molecule has 0 spiro atoms. The molecule has 1 heterocycles. The van der Waals surface area contributed by atoms with E-state index in [1.165, 1.54) is 12.1 Å². The van der Waals surface area contributed by atoms with Crippen molar-refractivity contribution in [1.29, 1.82) is 0 Å². The normalized spacial score (nSPS) is 10.9. The Morgan fingerprint density at radius 2 is 2.24 bits per heavy atom. The number of nitro benzene ring substituents is 1. The van der Waals surface area contributed by atoms with Crippen molar-refractivity contribution in [3.8, 4) is 0 Å². The van der Waals surface area contributed by atoms with E-state index in [1.807, 2.05) is 19.1 Å². The minimum absolute atomic E-state index is 0.0502. The van der Waals surface area contributed by atoms with Gasteiger partial charge in [-0.2, -0.15) is 0 Å². The molecule has 5 heteroatoms. The van der Waals surface area contributed by atoms with Gasteiger partial charge in [-0.1, -0.05) is 6.07 Å². The van der Waals surface area contributed by atoms with Gasteiger partial charge in [-0.05, 0) is 24.6 Å². The van der Waals surface area contributed by atoms with Gasteiger partial charge < -0.3 is 4.98 Å². The molecule has 0 aliphatic heterocycles. The van der Waals surface area contributed by atoms with Gasteiger partial charge in [-0.15, -0.1) is 0 Å². The first-order chi connectivity index (χ1) is 8.16. The van der Waals surface area contributed by atoms with Crippen molar-refractivity contribution >= 4 is 17.6 Å². The van der Waals surface area contributed by atoms with Gasteiger partial charge in [0, 0.05) is 18.3 Å². The van der Waals surface area contributed by atoms with E-state index in [9.17, 15) is 10.1 Å². The molecule has 0 aliphatic rings. The third-order valence-corrected chi connectivity index (χ3v) is 2.37. The lowest BCUT2D eigenvalue weighted by Crippen LogP contribution is -1.88. The van der Waals surface area contributed by atoms with E-state index in [0.717, 1.165) is 11.3 Å². The maximum atomic E-state index is 10.6. The molecule has 0 aliphatic carbocycles. The summed E-state index contributed by atoms with van der Waals surface area (Å²) in [4.78, 5) is 17.4. The fraction of sp³-hybridized carbons (Fsp3) is 0.0833. The molecule has 2 aromatic rings. The summed E-state index contributed by atoms with van der Waals surface area (Å²) >= 11 is 0. The number of hydrogen-bond acceptors (Lipinski definition) is 3. The summed E-state index contributed by atoms with van der Waals surface area (Å²) in [5.74, 6) is 0. The number of aliphatic imine (C=N–C) groups is 1. The molecule has 86 valence electrons. The number of nitrogens with zero attached hydrogens (tertiary/aromatic N) is 2. The number of aromatic amines is 1. The Morgan fingerprint density at radius 3 is 2.88 bits per heavy atom. The van der Waals surface area contributed by atoms with Gasteiger partial charge in [-0.3, -0.25) is 15.1 Å². The van der Waals surface area contributed by atoms with Crippen LogP contribution in [0.5, 0.6) is 0 Å². The van der Waals surface area contributed by atoms with Gasteiger partial charge >= 0.3 is 0 Å². The predicted octanol–water partition coefficient (Wildman–Crippen LogP) is 2.98. The highest BCUT2D eigenvalue weighted by atomic mass is 16.6. The number of nitro groups is 1. The molecular formula is C12H11N3O2. The first kappa shape index (κ1) is 11.1. The Balaban J connectivity index is 2.31. The van der Waals surface area contributed by atoms with Crippen LogP contribution in [0.3, 0.4) is 0 Å². The number of hydrogen-bond donors (Lipinski definition) is 1. The van der Waals surface area contributed by atoms with Crippen LogP contribution in [-0.4, -0.2) is 16.1 Å². The molecule has 1 N–H and O–H groups in total.